The molecule has 0 amide bonds. The topological polar surface area (TPSA) is 70.8 Å². The molecule has 1 unspecified atom stereocenters. The van der Waals surface area contributed by atoms with Crippen LogP contribution < -0.4 is 30.3 Å². The van der Waals surface area contributed by atoms with Crippen molar-refractivity contribution in [1.82, 2.24) is 0 Å². The molecule has 0 spiro atoms. The average Bonchev–Trinajstić information content (AvgIpc) is 2.86. The zero-order chi connectivity index (χ0) is 23.0. The van der Waals surface area contributed by atoms with Crippen molar-refractivity contribution >= 4 is 28.8 Å². The number of benzene rings is 4. The van der Waals surface area contributed by atoms with Crippen molar-refractivity contribution in [2.24, 2.45) is 5.73 Å². The van der Waals surface area contributed by atoms with Gasteiger partial charge in [-0.05, 0) is 59.7 Å². The summed E-state index contributed by atoms with van der Waals surface area (Å²) >= 11 is 0. The Morgan fingerprint density at radius 2 is 1.70 bits per heavy atom. The predicted molar refractivity (Wildman–Crippen MR) is 133 cm³/mol. The summed E-state index contributed by atoms with van der Waals surface area (Å²) in [6.07, 6.45) is 1.81. The Labute approximate surface area is 192 Å². The maximum atomic E-state index is 14.8. The smallest absolute Gasteiger partial charge is 0.308 e. The summed E-state index contributed by atoms with van der Waals surface area (Å²) in [5.41, 5.74) is 8.37. The van der Waals surface area contributed by atoms with Gasteiger partial charge in [0, 0.05) is 11.3 Å². The number of nitrogens with two attached hydrogens (primary N) is 1. The first-order valence-electron chi connectivity index (χ1n) is 10.7. The Morgan fingerprint density at radius 3 is 2.48 bits per heavy atom. The Morgan fingerprint density at radius 1 is 0.939 bits per heavy atom. The molecule has 0 saturated heterocycles. The Balaban J connectivity index is 1.74. The largest absolute Gasteiger partial charge is 0.497 e. The highest BCUT2D eigenvalue weighted by atomic mass is 31.2. The molecular weight excluding hydrogens is 433 g/mol. The van der Waals surface area contributed by atoms with Crippen LogP contribution in [0.5, 0.6) is 17.2 Å². The third kappa shape index (κ3) is 3.65. The molecule has 0 aliphatic carbocycles. The molecule has 6 heteroatoms. The van der Waals surface area contributed by atoms with Gasteiger partial charge in [0.25, 0.3) is 0 Å². The third-order valence-electron chi connectivity index (χ3n) is 5.83. The molecule has 166 valence electrons. The van der Waals surface area contributed by atoms with Crippen LogP contribution in [-0.4, -0.2) is 13.7 Å². The van der Waals surface area contributed by atoms with Crippen LogP contribution in [-0.2, 0) is 4.57 Å². The van der Waals surface area contributed by atoms with Gasteiger partial charge in [-0.15, -0.1) is 0 Å². The van der Waals surface area contributed by atoms with Crippen LogP contribution in [0.1, 0.15) is 6.92 Å². The second-order valence-corrected chi connectivity index (χ2v) is 10.1. The van der Waals surface area contributed by atoms with Crippen LogP contribution in [0, 0.1) is 0 Å². The number of para-hydroxylation sites is 1. The second-order valence-electron chi connectivity index (χ2n) is 7.84. The van der Waals surface area contributed by atoms with Gasteiger partial charge in [0.15, 0.2) is 0 Å². The number of hydrogen-bond donors (Lipinski definition) is 1. The van der Waals surface area contributed by atoms with Gasteiger partial charge in [0.05, 0.1) is 17.7 Å². The summed E-state index contributed by atoms with van der Waals surface area (Å²) in [5, 5.41) is 2.90. The lowest BCUT2D eigenvalue weighted by Gasteiger charge is -2.29. The highest BCUT2D eigenvalue weighted by molar-refractivity contribution is 7.75. The van der Waals surface area contributed by atoms with Crippen LogP contribution in [0.2, 0.25) is 0 Å². The van der Waals surface area contributed by atoms with Gasteiger partial charge in [0.2, 0.25) is 0 Å². The fourth-order valence-electron chi connectivity index (χ4n) is 4.09. The molecule has 1 atom stereocenters. The van der Waals surface area contributed by atoms with Gasteiger partial charge in [-0.2, -0.15) is 0 Å². The summed E-state index contributed by atoms with van der Waals surface area (Å²) in [6, 6.07) is 24.8. The fraction of sp³-hybridized carbons (Fsp3) is 0.111. The summed E-state index contributed by atoms with van der Waals surface area (Å²) in [5.74, 6) is 1.85. The van der Waals surface area contributed by atoms with Crippen molar-refractivity contribution in [3.63, 3.8) is 0 Å². The lowest BCUT2D eigenvalue weighted by Crippen LogP contribution is -2.26. The summed E-state index contributed by atoms with van der Waals surface area (Å²) < 4.78 is 32.5. The number of rotatable bonds is 5. The summed E-state index contributed by atoms with van der Waals surface area (Å²) in [7, 11) is -1.91. The van der Waals surface area contributed by atoms with Crippen molar-refractivity contribution in [1.29, 1.82) is 0 Å². The number of hydrogen-bond acceptors (Lipinski definition) is 5. The van der Waals surface area contributed by atoms with Crippen LogP contribution in [0.4, 0.5) is 0 Å². The molecular formula is C27H24NO4P. The number of allylic oxidation sites excluding steroid dienone is 1. The lowest BCUT2D eigenvalue weighted by molar-refractivity contribution is 0.351. The first-order valence-corrected chi connectivity index (χ1v) is 12.3. The molecule has 0 aromatic heterocycles. The van der Waals surface area contributed by atoms with E-state index < -0.39 is 7.37 Å². The Bertz CT molecular complexity index is 1440. The van der Waals surface area contributed by atoms with Crippen LogP contribution in [0.3, 0.4) is 0 Å². The van der Waals surface area contributed by atoms with Crippen molar-refractivity contribution in [2.45, 2.75) is 6.92 Å². The van der Waals surface area contributed by atoms with E-state index in [0.29, 0.717) is 33.6 Å². The van der Waals surface area contributed by atoms with E-state index in [0.717, 1.165) is 21.9 Å². The number of ether oxygens (including phenoxy) is 2. The molecule has 33 heavy (non-hydrogen) atoms. The van der Waals surface area contributed by atoms with Crippen LogP contribution in [0.15, 0.2) is 90.6 Å². The zero-order valence-corrected chi connectivity index (χ0v) is 19.3. The Hall–Kier alpha value is -3.69. The van der Waals surface area contributed by atoms with Crippen molar-refractivity contribution in [3.05, 3.63) is 90.6 Å². The summed E-state index contributed by atoms with van der Waals surface area (Å²) in [6.45, 7) is 2.14. The van der Waals surface area contributed by atoms with E-state index in [4.69, 9.17) is 19.7 Å². The molecule has 2 N–H and O–H groups in total. The van der Waals surface area contributed by atoms with E-state index in [-0.39, 0.29) is 6.61 Å². The molecule has 1 heterocycles. The molecule has 0 saturated carbocycles. The van der Waals surface area contributed by atoms with Crippen LogP contribution in [0.25, 0.3) is 21.9 Å². The maximum Gasteiger partial charge on any atom is 0.308 e. The van der Waals surface area contributed by atoms with Gasteiger partial charge >= 0.3 is 7.37 Å². The second kappa shape index (κ2) is 8.34. The van der Waals surface area contributed by atoms with Crippen LogP contribution >= 0.6 is 7.37 Å². The van der Waals surface area contributed by atoms with Crippen molar-refractivity contribution in [2.75, 3.05) is 13.7 Å². The molecule has 5 nitrogen and oxygen atoms in total. The van der Waals surface area contributed by atoms with E-state index in [9.17, 15) is 4.57 Å². The molecule has 5 rings (SSSR count). The highest BCUT2D eigenvalue weighted by Crippen LogP contribution is 2.55. The van der Waals surface area contributed by atoms with E-state index in [1.165, 1.54) is 0 Å². The quantitative estimate of drug-likeness (QED) is 0.408. The fourth-order valence-corrected chi connectivity index (χ4v) is 6.58. The van der Waals surface area contributed by atoms with E-state index >= 15 is 0 Å². The minimum Gasteiger partial charge on any atom is -0.497 e. The monoisotopic (exact) mass is 457 g/mol. The first-order chi connectivity index (χ1) is 16.0. The molecule has 0 bridgehead atoms. The SMILES string of the molecule is C/C=C(/N)COc1ccc2cc(OC)cc(P3(=O)Oc4ccccc4-c4ccccc43)c2c1. The highest BCUT2D eigenvalue weighted by Gasteiger charge is 2.39. The molecule has 0 fully saturated rings. The van der Waals surface area contributed by atoms with Gasteiger partial charge in [-0.25, -0.2) is 0 Å². The minimum absolute atomic E-state index is 0.276. The standard InChI is InChI=1S/C27H24NO4P/c1-3-19(28)17-31-20-13-12-18-14-21(30-2)16-27(24(18)15-20)33(29)26-11-7-5-9-23(26)22-8-4-6-10-25(22)32-33/h3-16H,17,28H2,1-2H3/b19-3+. The lowest BCUT2D eigenvalue weighted by atomic mass is 10.0. The van der Waals surface area contributed by atoms with E-state index in [2.05, 4.69) is 0 Å². The van der Waals surface area contributed by atoms with E-state index in [1.807, 2.05) is 79.7 Å². The van der Waals surface area contributed by atoms with Gasteiger partial charge < -0.3 is 19.7 Å². The van der Waals surface area contributed by atoms with E-state index in [1.54, 1.807) is 19.3 Å². The van der Waals surface area contributed by atoms with Gasteiger partial charge in [0.1, 0.15) is 23.9 Å². The zero-order valence-electron chi connectivity index (χ0n) is 18.4. The predicted octanol–water partition coefficient (Wildman–Crippen LogP) is 5.38. The average molecular weight is 457 g/mol. The van der Waals surface area contributed by atoms with Gasteiger partial charge in [-0.1, -0.05) is 48.5 Å². The molecule has 1 aliphatic rings. The normalized spacial score (nSPS) is 17.1. The summed E-state index contributed by atoms with van der Waals surface area (Å²) in [4.78, 5) is 0. The number of methoxy groups -OCH3 is 1. The van der Waals surface area contributed by atoms with Gasteiger partial charge in [-0.3, -0.25) is 4.57 Å². The number of fused-ring (bicyclic) bond motifs is 4. The maximum absolute atomic E-state index is 14.8. The molecule has 4 aromatic rings. The first kappa shape index (κ1) is 21.2. The molecule has 1 aliphatic heterocycles. The minimum atomic E-state index is -3.51. The van der Waals surface area contributed by atoms with Crippen molar-refractivity contribution < 1.29 is 18.6 Å². The molecule has 0 radical (unpaired) electrons. The Kier molecular flexibility index (Phi) is 5.35. The molecule has 4 aromatic carbocycles. The van der Waals surface area contributed by atoms with Crippen molar-refractivity contribution in [3.8, 4) is 28.4 Å². The third-order valence-corrected chi connectivity index (χ3v) is 8.31.